The van der Waals surface area contributed by atoms with Crippen molar-refractivity contribution in [1.29, 1.82) is 0 Å². The van der Waals surface area contributed by atoms with Crippen molar-refractivity contribution in [2.24, 2.45) is 5.92 Å². The first-order chi connectivity index (χ1) is 9.45. The molecule has 4 heteroatoms. The third kappa shape index (κ3) is 3.53. The summed E-state index contributed by atoms with van der Waals surface area (Å²) >= 11 is 0. The molecule has 1 aromatic heterocycles. The van der Waals surface area contributed by atoms with Gasteiger partial charge in [-0.25, -0.2) is 0 Å². The maximum absolute atomic E-state index is 11.6. The second-order valence-electron chi connectivity index (χ2n) is 5.50. The zero-order chi connectivity index (χ0) is 14.7. The van der Waals surface area contributed by atoms with Crippen molar-refractivity contribution >= 4 is 5.78 Å². The van der Waals surface area contributed by atoms with Crippen LogP contribution in [0.15, 0.2) is 22.7 Å². The Morgan fingerprint density at radius 1 is 1.25 bits per heavy atom. The van der Waals surface area contributed by atoms with Crippen molar-refractivity contribution in [2.45, 2.75) is 40.5 Å². The van der Waals surface area contributed by atoms with E-state index in [-0.39, 0.29) is 18.1 Å². The predicted octanol–water partition coefficient (Wildman–Crippen LogP) is 3.04. The fourth-order valence-corrected chi connectivity index (χ4v) is 1.88. The van der Waals surface area contributed by atoms with Crippen LogP contribution in [-0.2, 0) is 17.6 Å². The Kier molecular flexibility index (Phi) is 4.32. The van der Waals surface area contributed by atoms with Crippen molar-refractivity contribution < 1.29 is 9.32 Å². The summed E-state index contributed by atoms with van der Waals surface area (Å²) < 4.78 is 5.13. The van der Waals surface area contributed by atoms with Crippen LogP contribution in [0.5, 0.6) is 0 Å². The highest BCUT2D eigenvalue weighted by Crippen LogP contribution is 2.13. The Bertz CT molecular complexity index is 615. The number of aromatic nitrogens is 2. The lowest BCUT2D eigenvalue weighted by Crippen LogP contribution is -2.10. The summed E-state index contributed by atoms with van der Waals surface area (Å²) in [7, 11) is 0. The molecule has 0 aliphatic carbocycles. The Balaban J connectivity index is 2.05. The summed E-state index contributed by atoms with van der Waals surface area (Å²) in [5.41, 5.74) is 3.67. The maximum atomic E-state index is 11.6. The summed E-state index contributed by atoms with van der Waals surface area (Å²) in [5.74, 6) is 1.14. The number of carbonyl (C=O) groups is 1. The smallest absolute Gasteiger partial charge is 0.234 e. The Morgan fingerprint density at radius 2 is 2.00 bits per heavy atom. The maximum Gasteiger partial charge on any atom is 0.234 e. The van der Waals surface area contributed by atoms with E-state index in [0.717, 1.165) is 5.56 Å². The minimum atomic E-state index is -0.00917. The van der Waals surface area contributed by atoms with Gasteiger partial charge in [0.2, 0.25) is 5.89 Å². The number of rotatable bonds is 5. The molecule has 0 bridgehead atoms. The molecule has 0 saturated heterocycles. The van der Waals surface area contributed by atoms with Gasteiger partial charge in [0.1, 0.15) is 5.78 Å². The average Bonchev–Trinajstić information content (AvgIpc) is 2.81. The van der Waals surface area contributed by atoms with Gasteiger partial charge < -0.3 is 4.52 Å². The quantitative estimate of drug-likeness (QED) is 0.839. The van der Waals surface area contributed by atoms with Gasteiger partial charge in [0.25, 0.3) is 0 Å². The van der Waals surface area contributed by atoms with Crippen LogP contribution < -0.4 is 0 Å². The molecule has 20 heavy (non-hydrogen) atoms. The largest absolute Gasteiger partial charge is 0.339 e. The minimum Gasteiger partial charge on any atom is -0.339 e. The number of aryl methyl sites for hydroxylation is 2. The van der Waals surface area contributed by atoms with Crippen LogP contribution in [0.1, 0.15) is 42.3 Å². The van der Waals surface area contributed by atoms with Gasteiger partial charge in [0, 0.05) is 12.3 Å². The van der Waals surface area contributed by atoms with Gasteiger partial charge in [0.15, 0.2) is 5.82 Å². The molecule has 0 unspecified atom stereocenters. The zero-order valence-electron chi connectivity index (χ0n) is 12.4. The lowest BCUT2D eigenvalue weighted by molar-refractivity contribution is -0.121. The standard InChI is InChI=1S/C16H20N2O2/c1-10(2)14(19)9-16-17-15(18-20-16)8-13-6-5-11(3)12(4)7-13/h5-7,10H,8-9H2,1-4H3. The molecule has 2 aromatic rings. The highest BCUT2D eigenvalue weighted by atomic mass is 16.5. The number of carbonyl (C=O) groups excluding carboxylic acids is 1. The van der Waals surface area contributed by atoms with E-state index in [2.05, 4.69) is 42.2 Å². The molecule has 0 atom stereocenters. The number of hydrogen-bond donors (Lipinski definition) is 0. The Morgan fingerprint density at radius 3 is 2.65 bits per heavy atom. The minimum absolute atomic E-state index is 0.00917. The Hall–Kier alpha value is -1.97. The molecule has 0 aliphatic heterocycles. The van der Waals surface area contributed by atoms with Crippen LogP contribution in [0.25, 0.3) is 0 Å². The molecule has 106 valence electrons. The SMILES string of the molecule is Cc1ccc(Cc2noc(CC(=O)C(C)C)n2)cc1C. The molecule has 0 N–H and O–H groups in total. The molecular weight excluding hydrogens is 252 g/mol. The van der Waals surface area contributed by atoms with Crippen molar-refractivity contribution in [3.63, 3.8) is 0 Å². The van der Waals surface area contributed by atoms with E-state index in [0.29, 0.717) is 18.1 Å². The molecule has 1 aromatic carbocycles. The lowest BCUT2D eigenvalue weighted by Gasteiger charge is -2.02. The van der Waals surface area contributed by atoms with Crippen molar-refractivity contribution in [2.75, 3.05) is 0 Å². The topological polar surface area (TPSA) is 56.0 Å². The van der Waals surface area contributed by atoms with Crippen molar-refractivity contribution in [1.82, 2.24) is 10.1 Å². The molecule has 1 heterocycles. The van der Waals surface area contributed by atoms with Crippen LogP contribution in [-0.4, -0.2) is 15.9 Å². The van der Waals surface area contributed by atoms with Crippen molar-refractivity contribution in [3.05, 3.63) is 46.6 Å². The van der Waals surface area contributed by atoms with Crippen LogP contribution in [0.2, 0.25) is 0 Å². The molecule has 0 saturated carbocycles. The number of nitrogens with zero attached hydrogens (tertiary/aromatic N) is 2. The summed E-state index contributed by atoms with van der Waals surface area (Å²) in [4.78, 5) is 15.9. The van der Waals surface area contributed by atoms with E-state index in [1.807, 2.05) is 13.8 Å². The van der Waals surface area contributed by atoms with Gasteiger partial charge in [-0.2, -0.15) is 4.98 Å². The van der Waals surface area contributed by atoms with E-state index in [1.54, 1.807) is 0 Å². The van der Waals surface area contributed by atoms with Crippen LogP contribution in [0.3, 0.4) is 0 Å². The highest BCUT2D eigenvalue weighted by Gasteiger charge is 2.14. The second-order valence-corrected chi connectivity index (χ2v) is 5.50. The molecule has 0 spiro atoms. The third-order valence-corrected chi connectivity index (χ3v) is 3.41. The van der Waals surface area contributed by atoms with E-state index in [9.17, 15) is 4.79 Å². The summed E-state index contributed by atoms with van der Waals surface area (Å²) in [6, 6.07) is 6.29. The van der Waals surface area contributed by atoms with E-state index < -0.39 is 0 Å². The predicted molar refractivity (Wildman–Crippen MR) is 76.6 cm³/mol. The molecule has 0 amide bonds. The summed E-state index contributed by atoms with van der Waals surface area (Å²) in [5, 5.41) is 3.94. The van der Waals surface area contributed by atoms with E-state index >= 15 is 0 Å². The number of hydrogen-bond acceptors (Lipinski definition) is 4. The average molecular weight is 272 g/mol. The first-order valence-corrected chi connectivity index (χ1v) is 6.86. The van der Waals surface area contributed by atoms with Crippen LogP contribution >= 0.6 is 0 Å². The van der Waals surface area contributed by atoms with Gasteiger partial charge in [-0.3, -0.25) is 4.79 Å². The van der Waals surface area contributed by atoms with Crippen molar-refractivity contribution in [3.8, 4) is 0 Å². The van der Waals surface area contributed by atoms with E-state index in [4.69, 9.17) is 4.52 Å². The first-order valence-electron chi connectivity index (χ1n) is 6.86. The number of benzene rings is 1. The fourth-order valence-electron chi connectivity index (χ4n) is 1.88. The van der Waals surface area contributed by atoms with Gasteiger partial charge in [-0.1, -0.05) is 37.2 Å². The highest BCUT2D eigenvalue weighted by molar-refractivity contribution is 5.81. The number of Topliss-reactive ketones (excluding diaryl/α,β-unsaturated/α-hetero) is 1. The van der Waals surface area contributed by atoms with Crippen LogP contribution in [0, 0.1) is 19.8 Å². The number of ketones is 1. The second kappa shape index (κ2) is 5.99. The van der Waals surface area contributed by atoms with Gasteiger partial charge >= 0.3 is 0 Å². The molecule has 4 nitrogen and oxygen atoms in total. The van der Waals surface area contributed by atoms with Gasteiger partial charge in [-0.05, 0) is 30.5 Å². The molecule has 0 fully saturated rings. The fraction of sp³-hybridized carbons (Fsp3) is 0.438. The normalized spacial score (nSPS) is 11.1. The van der Waals surface area contributed by atoms with Gasteiger partial charge in [-0.15, -0.1) is 0 Å². The molecular formula is C16H20N2O2. The lowest BCUT2D eigenvalue weighted by atomic mass is 10.0. The third-order valence-electron chi connectivity index (χ3n) is 3.41. The Labute approximate surface area is 119 Å². The van der Waals surface area contributed by atoms with Crippen LogP contribution in [0.4, 0.5) is 0 Å². The van der Waals surface area contributed by atoms with E-state index in [1.165, 1.54) is 11.1 Å². The summed E-state index contributed by atoms with van der Waals surface area (Å²) in [6.07, 6.45) is 0.845. The zero-order valence-corrected chi connectivity index (χ0v) is 12.4. The molecule has 0 radical (unpaired) electrons. The molecule has 0 aliphatic rings. The first kappa shape index (κ1) is 14.4. The summed E-state index contributed by atoms with van der Waals surface area (Å²) in [6.45, 7) is 7.91. The molecule has 2 rings (SSSR count). The monoisotopic (exact) mass is 272 g/mol. The van der Waals surface area contributed by atoms with Gasteiger partial charge in [0.05, 0.1) is 6.42 Å².